The standard InChI is InChI=1S/C40H42/c1-7-11-26(4)38-27(5)20-35-24-34(22-29-16-17-32(21-29)37-15-9-8-14-36(37)25(2)3)28(6)39(35)40(38)33-19-18-30-12-10-13-31(30)23-33/h8-9,14-20,22-23,39-40H,2,4,6-7,10-13,21,24H2,1,3,5H3/b34-22+. The molecule has 1 saturated carbocycles. The summed E-state index contributed by atoms with van der Waals surface area (Å²) in [5.74, 6) is 0.619. The molecule has 40 heavy (non-hydrogen) atoms. The van der Waals surface area contributed by atoms with Crippen LogP contribution in [0, 0.1) is 5.92 Å². The predicted molar refractivity (Wildman–Crippen MR) is 173 cm³/mol. The molecule has 6 rings (SSSR count). The number of rotatable bonds is 7. The van der Waals surface area contributed by atoms with Gasteiger partial charge in [0.05, 0.1) is 0 Å². The lowest BCUT2D eigenvalue weighted by Gasteiger charge is -2.35. The first kappa shape index (κ1) is 26.6. The van der Waals surface area contributed by atoms with Gasteiger partial charge in [-0.1, -0.05) is 117 Å². The van der Waals surface area contributed by atoms with Crippen molar-refractivity contribution in [3.8, 4) is 0 Å². The van der Waals surface area contributed by atoms with Gasteiger partial charge in [-0.2, -0.15) is 0 Å². The minimum Gasteiger partial charge on any atom is -0.0955 e. The van der Waals surface area contributed by atoms with E-state index in [-0.39, 0.29) is 0 Å². The first-order valence-corrected chi connectivity index (χ1v) is 15.1. The zero-order valence-corrected chi connectivity index (χ0v) is 24.6. The molecule has 2 aromatic carbocycles. The maximum Gasteiger partial charge on any atom is 0.0201 e. The molecule has 0 aliphatic heterocycles. The van der Waals surface area contributed by atoms with Gasteiger partial charge in [-0.05, 0) is 114 Å². The van der Waals surface area contributed by atoms with E-state index >= 15 is 0 Å². The Kier molecular flexibility index (Phi) is 7.13. The highest BCUT2D eigenvalue weighted by molar-refractivity contribution is 5.82. The number of hydrogen-bond acceptors (Lipinski definition) is 0. The summed E-state index contributed by atoms with van der Waals surface area (Å²) in [6.45, 7) is 20.3. The number of hydrogen-bond donors (Lipinski definition) is 0. The third-order valence-corrected chi connectivity index (χ3v) is 9.45. The van der Waals surface area contributed by atoms with Gasteiger partial charge in [-0.15, -0.1) is 0 Å². The quantitative estimate of drug-likeness (QED) is 0.339. The van der Waals surface area contributed by atoms with Crippen molar-refractivity contribution >= 4 is 11.1 Å². The van der Waals surface area contributed by atoms with Crippen molar-refractivity contribution in [3.63, 3.8) is 0 Å². The molecule has 0 saturated heterocycles. The third kappa shape index (κ3) is 4.68. The molecule has 4 aliphatic rings. The molecule has 0 amide bonds. The first-order chi connectivity index (χ1) is 19.4. The van der Waals surface area contributed by atoms with Crippen molar-refractivity contribution in [1.82, 2.24) is 0 Å². The molecule has 0 radical (unpaired) electrons. The van der Waals surface area contributed by atoms with Crippen molar-refractivity contribution in [1.29, 1.82) is 0 Å². The maximum absolute atomic E-state index is 4.77. The summed E-state index contributed by atoms with van der Waals surface area (Å²) < 4.78 is 0. The topological polar surface area (TPSA) is 0 Å². The zero-order valence-electron chi connectivity index (χ0n) is 24.6. The summed E-state index contributed by atoms with van der Waals surface area (Å²) in [5.41, 5.74) is 19.3. The Morgan fingerprint density at radius 2 is 1.77 bits per heavy atom. The van der Waals surface area contributed by atoms with Gasteiger partial charge in [0.15, 0.2) is 0 Å². The Bertz CT molecular complexity index is 1590. The monoisotopic (exact) mass is 522 g/mol. The largest absolute Gasteiger partial charge is 0.0955 e. The minimum atomic E-state index is 0.303. The summed E-state index contributed by atoms with van der Waals surface area (Å²) in [4.78, 5) is 0. The highest BCUT2D eigenvalue weighted by Crippen LogP contribution is 2.55. The van der Waals surface area contributed by atoms with E-state index in [0.29, 0.717) is 11.8 Å². The van der Waals surface area contributed by atoms with E-state index in [1.165, 1.54) is 80.5 Å². The fraction of sp³-hybridized carbons (Fsp3) is 0.300. The van der Waals surface area contributed by atoms with Crippen molar-refractivity contribution < 1.29 is 0 Å². The molecule has 2 atom stereocenters. The molecule has 0 bridgehead atoms. The van der Waals surface area contributed by atoms with Crippen LogP contribution in [0.3, 0.4) is 0 Å². The van der Waals surface area contributed by atoms with Gasteiger partial charge >= 0.3 is 0 Å². The first-order valence-electron chi connectivity index (χ1n) is 15.1. The molecule has 0 heteroatoms. The van der Waals surface area contributed by atoms with Crippen LogP contribution in [-0.4, -0.2) is 0 Å². The average molecular weight is 523 g/mol. The molecule has 0 nitrogen and oxygen atoms in total. The van der Waals surface area contributed by atoms with Crippen molar-refractivity contribution in [2.45, 2.75) is 71.6 Å². The van der Waals surface area contributed by atoms with Crippen LogP contribution in [0.15, 0.2) is 126 Å². The second-order valence-electron chi connectivity index (χ2n) is 12.3. The molecule has 0 spiro atoms. The molecule has 2 unspecified atom stereocenters. The Hall–Kier alpha value is -3.64. The van der Waals surface area contributed by atoms with Crippen molar-refractivity contribution in [3.05, 3.63) is 153 Å². The van der Waals surface area contributed by atoms with E-state index in [0.717, 1.165) is 31.3 Å². The van der Waals surface area contributed by atoms with E-state index in [9.17, 15) is 0 Å². The van der Waals surface area contributed by atoms with Crippen LogP contribution in [-0.2, 0) is 12.8 Å². The van der Waals surface area contributed by atoms with Crippen molar-refractivity contribution in [2.75, 3.05) is 0 Å². The fourth-order valence-corrected chi connectivity index (χ4v) is 7.60. The lowest BCUT2D eigenvalue weighted by Crippen LogP contribution is -2.21. The highest BCUT2D eigenvalue weighted by atomic mass is 14.4. The molecule has 0 heterocycles. The van der Waals surface area contributed by atoms with Gasteiger partial charge in [0.1, 0.15) is 0 Å². The van der Waals surface area contributed by atoms with E-state index in [1.54, 1.807) is 11.1 Å². The van der Waals surface area contributed by atoms with Gasteiger partial charge in [0.25, 0.3) is 0 Å². The summed E-state index contributed by atoms with van der Waals surface area (Å²) in [6.07, 6.45) is 17.3. The Morgan fingerprint density at radius 1 is 0.975 bits per heavy atom. The van der Waals surface area contributed by atoms with Crippen LogP contribution in [0.2, 0.25) is 0 Å². The van der Waals surface area contributed by atoms with Gasteiger partial charge in [-0.25, -0.2) is 0 Å². The van der Waals surface area contributed by atoms with Crippen molar-refractivity contribution in [2.24, 2.45) is 5.92 Å². The molecular formula is C40H42. The molecule has 202 valence electrons. The van der Waals surface area contributed by atoms with Crippen LogP contribution in [0.1, 0.15) is 86.6 Å². The number of benzene rings is 2. The maximum atomic E-state index is 4.77. The summed E-state index contributed by atoms with van der Waals surface area (Å²) in [5, 5.41) is 0. The van der Waals surface area contributed by atoms with Gasteiger partial charge in [-0.3, -0.25) is 0 Å². The van der Waals surface area contributed by atoms with E-state index in [2.05, 4.69) is 101 Å². The lowest BCUT2D eigenvalue weighted by molar-refractivity contribution is 0.618. The van der Waals surface area contributed by atoms with E-state index < -0.39 is 0 Å². The Labute approximate surface area is 241 Å². The highest BCUT2D eigenvalue weighted by Gasteiger charge is 2.41. The lowest BCUT2D eigenvalue weighted by atomic mass is 9.69. The van der Waals surface area contributed by atoms with Crippen LogP contribution in [0.4, 0.5) is 0 Å². The van der Waals surface area contributed by atoms with Gasteiger partial charge in [0, 0.05) is 11.8 Å². The molecule has 1 fully saturated rings. The van der Waals surface area contributed by atoms with Crippen LogP contribution >= 0.6 is 0 Å². The molecule has 2 aromatic rings. The van der Waals surface area contributed by atoms with E-state index in [4.69, 9.17) is 6.58 Å². The van der Waals surface area contributed by atoms with Crippen LogP contribution in [0.25, 0.3) is 11.1 Å². The van der Waals surface area contributed by atoms with Crippen LogP contribution < -0.4 is 0 Å². The fourth-order valence-electron chi connectivity index (χ4n) is 7.60. The van der Waals surface area contributed by atoms with Crippen LogP contribution in [0.5, 0.6) is 0 Å². The summed E-state index contributed by atoms with van der Waals surface area (Å²) in [6, 6.07) is 16.0. The van der Waals surface area contributed by atoms with E-state index in [1.807, 2.05) is 0 Å². The molecule has 0 N–H and O–H groups in total. The van der Waals surface area contributed by atoms with Gasteiger partial charge < -0.3 is 0 Å². The summed E-state index contributed by atoms with van der Waals surface area (Å²) >= 11 is 0. The molecule has 0 aromatic heterocycles. The predicted octanol–water partition coefficient (Wildman–Crippen LogP) is 10.8. The second kappa shape index (κ2) is 10.7. The second-order valence-corrected chi connectivity index (χ2v) is 12.3. The van der Waals surface area contributed by atoms with Gasteiger partial charge in [0.2, 0.25) is 0 Å². The number of allylic oxidation sites excluding steroid dienone is 13. The number of fused-ring (bicyclic) bond motifs is 2. The molecular weight excluding hydrogens is 480 g/mol. The zero-order chi connectivity index (χ0) is 28.0. The SMILES string of the molecule is C=C(CCC)C1=C(C)C=C2C/C(=C\C3=CC=C(c4ccccc4C(=C)C)C3)C(=C)C2C1c1ccc2c(c1)CCC2. The third-order valence-electron chi connectivity index (χ3n) is 9.45. The summed E-state index contributed by atoms with van der Waals surface area (Å²) in [7, 11) is 0. The Morgan fingerprint density at radius 3 is 2.58 bits per heavy atom. The average Bonchev–Trinajstić information content (AvgIpc) is 3.67. The smallest absolute Gasteiger partial charge is 0.0201 e. The minimum absolute atomic E-state index is 0.303. The number of aryl methyl sites for hydroxylation is 2. The normalized spacial score (nSPS) is 22.7. The Balaban J connectivity index is 1.32. The molecule has 4 aliphatic carbocycles.